The Morgan fingerprint density at radius 2 is 2.28 bits per heavy atom. The van der Waals surface area contributed by atoms with Crippen LogP contribution in [-0.4, -0.2) is 24.8 Å². The molecular weight excluding hydrogens is 226 g/mol. The third-order valence-corrected chi connectivity index (χ3v) is 3.96. The zero-order chi connectivity index (χ0) is 13.2. The van der Waals surface area contributed by atoms with Gasteiger partial charge in [0.25, 0.3) is 0 Å². The van der Waals surface area contributed by atoms with Crippen molar-refractivity contribution in [3.8, 4) is 5.75 Å². The van der Waals surface area contributed by atoms with Gasteiger partial charge in [0.1, 0.15) is 11.4 Å². The maximum Gasteiger partial charge on any atom is 0.125 e. The molecule has 0 spiro atoms. The van der Waals surface area contributed by atoms with E-state index in [1.54, 1.807) is 7.11 Å². The molecule has 2 unspecified atom stereocenters. The first kappa shape index (κ1) is 13.4. The number of methoxy groups -OCH3 is 1. The van der Waals surface area contributed by atoms with Crippen molar-refractivity contribution >= 4 is 0 Å². The summed E-state index contributed by atoms with van der Waals surface area (Å²) in [5.41, 5.74) is 1.24. The first-order chi connectivity index (χ1) is 8.59. The summed E-state index contributed by atoms with van der Waals surface area (Å²) in [4.78, 5) is 0. The van der Waals surface area contributed by atoms with E-state index in [4.69, 9.17) is 4.74 Å². The summed E-state index contributed by atoms with van der Waals surface area (Å²) in [5, 5.41) is 14.3. The normalized spacial score (nSPS) is 22.8. The topological polar surface area (TPSA) is 41.5 Å². The predicted molar refractivity (Wildman–Crippen MR) is 73.0 cm³/mol. The van der Waals surface area contributed by atoms with Crippen molar-refractivity contribution in [1.82, 2.24) is 5.32 Å². The van der Waals surface area contributed by atoms with Crippen LogP contribution in [0.3, 0.4) is 0 Å². The summed E-state index contributed by atoms with van der Waals surface area (Å²) < 4.78 is 5.40. The lowest BCUT2D eigenvalue weighted by molar-refractivity contribution is 0.0196. The third-order valence-electron chi connectivity index (χ3n) is 3.96. The van der Waals surface area contributed by atoms with Crippen LogP contribution in [0.5, 0.6) is 5.75 Å². The van der Waals surface area contributed by atoms with Gasteiger partial charge in [-0.3, -0.25) is 0 Å². The van der Waals surface area contributed by atoms with E-state index in [-0.39, 0.29) is 6.04 Å². The van der Waals surface area contributed by atoms with Crippen LogP contribution in [0, 0.1) is 0 Å². The third kappa shape index (κ3) is 2.38. The number of aryl methyl sites for hydroxylation is 1. The quantitative estimate of drug-likeness (QED) is 0.859. The Balaban J connectivity index is 2.40. The molecule has 1 heterocycles. The summed E-state index contributed by atoms with van der Waals surface area (Å²) in [5.74, 6) is 0.769. The van der Waals surface area contributed by atoms with Crippen LogP contribution in [0.15, 0.2) is 18.2 Å². The lowest BCUT2D eigenvalue weighted by Crippen LogP contribution is -2.43. The van der Waals surface area contributed by atoms with Gasteiger partial charge in [0.05, 0.1) is 7.11 Å². The van der Waals surface area contributed by atoms with Gasteiger partial charge in [-0.15, -0.1) is 0 Å². The number of ether oxygens (including phenoxy) is 1. The molecule has 1 aliphatic rings. The molecule has 1 aliphatic heterocycles. The van der Waals surface area contributed by atoms with E-state index in [0.717, 1.165) is 37.1 Å². The highest BCUT2D eigenvalue weighted by Crippen LogP contribution is 2.36. The van der Waals surface area contributed by atoms with E-state index in [1.165, 1.54) is 5.56 Å². The molecule has 1 aromatic rings. The first-order valence-corrected chi connectivity index (χ1v) is 6.72. The molecule has 1 aromatic carbocycles. The van der Waals surface area contributed by atoms with E-state index < -0.39 is 5.60 Å². The molecule has 2 atom stereocenters. The van der Waals surface area contributed by atoms with Crippen LogP contribution < -0.4 is 10.1 Å². The molecule has 2 N–H and O–H groups in total. The lowest BCUT2D eigenvalue weighted by Gasteiger charge is -2.32. The maximum atomic E-state index is 10.9. The van der Waals surface area contributed by atoms with Crippen molar-refractivity contribution in [2.45, 2.75) is 44.8 Å². The van der Waals surface area contributed by atoms with E-state index >= 15 is 0 Å². The molecular formula is C15H23NO2. The molecule has 0 aromatic heterocycles. The summed E-state index contributed by atoms with van der Waals surface area (Å²) in [6, 6.07) is 6.19. The predicted octanol–water partition coefficient (Wildman–Crippen LogP) is 2.22. The van der Waals surface area contributed by atoms with Crippen LogP contribution in [0.25, 0.3) is 0 Å². The fraction of sp³-hybridized carbons (Fsp3) is 0.600. The van der Waals surface area contributed by atoms with Gasteiger partial charge in [-0.2, -0.15) is 0 Å². The van der Waals surface area contributed by atoms with Crippen molar-refractivity contribution in [3.05, 3.63) is 29.3 Å². The molecule has 0 saturated carbocycles. The second kappa shape index (κ2) is 5.29. The highest BCUT2D eigenvalue weighted by atomic mass is 16.5. The van der Waals surface area contributed by atoms with Crippen molar-refractivity contribution in [2.24, 2.45) is 0 Å². The highest BCUT2D eigenvalue weighted by Gasteiger charge is 2.37. The minimum absolute atomic E-state index is 0.110. The van der Waals surface area contributed by atoms with E-state index in [1.807, 2.05) is 13.0 Å². The molecule has 0 aliphatic carbocycles. The van der Waals surface area contributed by atoms with Gasteiger partial charge in [0.2, 0.25) is 0 Å². The van der Waals surface area contributed by atoms with Gasteiger partial charge in [-0.1, -0.05) is 13.0 Å². The van der Waals surface area contributed by atoms with E-state index in [2.05, 4.69) is 24.4 Å². The Morgan fingerprint density at radius 3 is 2.83 bits per heavy atom. The Kier molecular flexibility index (Phi) is 3.93. The molecule has 3 nitrogen and oxygen atoms in total. The van der Waals surface area contributed by atoms with Gasteiger partial charge in [0.15, 0.2) is 0 Å². The van der Waals surface area contributed by atoms with Crippen LogP contribution in [0.4, 0.5) is 0 Å². The molecule has 1 fully saturated rings. The van der Waals surface area contributed by atoms with Crippen LogP contribution in [-0.2, 0) is 12.0 Å². The monoisotopic (exact) mass is 249 g/mol. The number of benzene rings is 1. The van der Waals surface area contributed by atoms with Crippen molar-refractivity contribution in [3.63, 3.8) is 0 Å². The maximum absolute atomic E-state index is 10.9. The lowest BCUT2D eigenvalue weighted by atomic mass is 9.85. The molecule has 1 saturated heterocycles. The summed E-state index contributed by atoms with van der Waals surface area (Å²) in [6.45, 7) is 4.98. The second-order valence-corrected chi connectivity index (χ2v) is 5.18. The largest absolute Gasteiger partial charge is 0.496 e. The number of hydrogen-bond donors (Lipinski definition) is 2. The molecule has 18 heavy (non-hydrogen) atoms. The summed E-state index contributed by atoms with van der Waals surface area (Å²) in [6.07, 6.45) is 3.09. The molecule has 0 bridgehead atoms. The molecule has 100 valence electrons. The SMILES string of the molecule is CCc1ccc(OC)c(C(C)(O)C2CCCN2)c1. The average molecular weight is 249 g/mol. The Bertz CT molecular complexity index is 409. The zero-order valence-electron chi connectivity index (χ0n) is 11.5. The highest BCUT2D eigenvalue weighted by molar-refractivity contribution is 5.42. The van der Waals surface area contributed by atoms with Gasteiger partial charge < -0.3 is 15.2 Å². The smallest absolute Gasteiger partial charge is 0.125 e. The number of hydrogen-bond acceptors (Lipinski definition) is 3. The van der Waals surface area contributed by atoms with Gasteiger partial charge >= 0.3 is 0 Å². The van der Waals surface area contributed by atoms with Gasteiger partial charge in [-0.25, -0.2) is 0 Å². The van der Waals surface area contributed by atoms with Crippen molar-refractivity contribution < 1.29 is 9.84 Å². The Morgan fingerprint density at radius 1 is 1.50 bits per heavy atom. The molecule has 0 radical (unpaired) electrons. The fourth-order valence-electron chi connectivity index (χ4n) is 2.72. The first-order valence-electron chi connectivity index (χ1n) is 6.72. The van der Waals surface area contributed by atoms with Gasteiger partial charge in [0, 0.05) is 11.6 Å². The van der Waals surface area contributed by atoms with Crippen molar-refractivity contribution in [1.29, 1.82) is 0 Å². The van der Waals surface area contributed by atoms with E-state index in [9.17, 15) is 5.11 Å². The minimum Gasteiger partial charge on any atom is -0.496 e. The van der Waals surface area contributed by atoms with Crippen LogP contribution >= 0.6 is 0 Å². The fourth-order valence-corrected chi connectivity index (χ4v) is 2.72. The standard InChI is InChI=1S/C15H23NO2/c1-4-11-7-8-13(18-3)12(10-11)15(2,17)14-6-5-9-16-14/h7-8,10,14,16-17H,4-6,9H2,1-3H3. The molecule has 3 heteroatoms. The van der Waals surface area contributed by atoms with Gasteiger partial charge in [-0.05, 0) is 50.4 Å². The minimum atomic E-state index is -0.882. The van der Waals surface area contributed by atoms with E-state index in [0.29, 0.717) is 0 Å². The average Bonchev–Trinajstić information content (AvgIpc) is 2.92. The number of nitrogens with one attached hydrogen (secondary N) is 1. The number of aliphatic hydroxyl groups is 1. The summed E-state index contributed by atoms with van der Waals surface area (Å²) >= 11 is 0. The van der Waals surface area contributed by atoms with Crippen molar-refractivity contribution in [2.75, 3.05) is 13.7 Å². The Hall–Kier alpha value is -1.06. The molecule has 0 amide bonds. The van der Waals surface area contributed by atoms with Crippen LogP contribution in [0.2, 0.25) is 0 Å². The second-order valence-electron chi connectivity index (χ2n) is 5.18. The number of rotatable bonds is 4. The van der Waals surface area contributed by atoms with Crippen LogP contribution in [0.1, 0.15) is 37.8 Å². The molecule has 2 rings (SSSR count). The zero-order valence-corrected chi connectivity index (χ0v) is 11.5. The summed E-state index contributed by atoms with van der Waals surface area (Å²) in [7, 11) is 1.66. The Labute approximate surface area is 109 Å².